The van der Waals surface area contributed by atoms with Crippen LogP contribution in [0.1, 0.15) is 38.8 Å². The van der Waals surface area contributed by atoms with Crippen LogP contribution in [0.3, 0.4) is 0 Å². The molecule has 4 aromatic carbocycles. The lowest BCUT2D eigenvalue weighted by molar-refractivity contribution is -0.432. The smallest absolute Gasteiger partial charge is 0.326 e. The average Bonchev–Trinajstić information content (AvgIpc) is 3.44. The van der Waals surface area contributed by atoms with E-state index in [0.29, 0.717) is 29.6 Å². The van der Waals surface area contributed by atoms with Gasteiger partial charge in [0.25, 0.3) is 36.2 Å². The van der Waals surface area contributed by atoms with E-state index >= 15 is 0 Å². The van der Waals surface area contributed by atoms with E-state index in [1.165, 1.54) is 58.0 Å². The summed E-state index contributed by atoms with van der Waals surface area (Å²) in [5.41, 5.74) is -1.09. The van der Waals surface area contributed by atoms with Crippen molar-refractivity contribution in [2.24, 2.45) is 0 Å². The van der Waals surface area contributed by atoms with Gasteiger partial charge in [0.05, 0.1) is 34.4 Å². The lowest BCUT2D eigenvalue weighted by Crippen LogP contribution is -2.31. The summed E-state index contributed by atoms with van der Waals surface area (Å²) >= 11 is 0.809. The molecule has 6 rings (SSSR count). The number of hydrogen-bond donors (Lipinski definition) is 6. The standard InChI is InChI=1S/C33H32N2O18S6/c1-32(2)26(34(16-56(38,39)40)22-11-9-19-13-21(58(44,45)46)15-24(55-53-51-37)28(19)30(22)32)6-5-7-27-33(3,4)31-23(35(27)17-57(41,42)43)10-8-18-12-20(54-52-50-36)14-25(29(18)31)59(47,48)49/h5-15H,16-17H2,1-4H3,(H5-,36,37,38,39,40,41,42,43,44,45,46,47,48,49)/p+1. The zero-order chi connectivity index (χ0) is 43.7. The highest BCUT2D eigenvalue weighted by atomic mass is 32.2. The van der Waals surface area contributed by atoms with Gasteiger partial charge < -0.3 is 4.90 Å². The van der Waals surface area contributed by atoms with Gasteiger partial charge in [0.15, 0.2) is 11.6 Å². The summed E-state index contributed by atoms with van der Waals surface area (Å²) in [5.74, 6) is -1.98. The monoisotopic (exact) mass is 937 g/mol. The molecular formula is C33H33N2O18S6+. The summed E-state index contributed by atoms with van der Waals surface area (Å²) in [6.07, 6.45) is 4.35. The first-order valence-electron chi connectivity index (χ1n) is 16.4. The summed E-state index contributed by atoms with van der Waals surface area (Å²) in [5, 5.41) is 25.6. The molecule has 0 unspecified atom stereocenters. The molecule has 318 valence electrons. The lowest BCUT2D eigenvalue weighted by atomic mass is 9.78. The van der Waals surface area contributed by atoms with Crippen LogP contribution < -0.4 is 4.90 Å². The van der Waals surface area contributed by atoms with Gasteiger partial charge in [-0.25, -0.2) is 10.5 Å². The van der Waals surface area contributed by atoms with Crippen molar-refractivity contribution in [1.82, 2.24) is 0 Å². The third-order valence-electron chi connectivity index (χ3n) is 9.74. The predicted molar refractivity (Wildman–Crippen MR) is 212 cm³/mol. The summed E-state index contributed by atoms with van der Waals surface area (Å²) in [7, 11) is -19.3. The van der Waals surface area contributed by atoms with Gasteiger partial charge in [-0.05, 0) is 72.7 Å². The molecule has 6 N–H and O–H groups in total. The van der Waals surface area contributed by atoms with Gasteiger partial charge >= 0.3 is 10.1 Å². The average molecular weight is 938 g/mol. The Morgan fingerprint density at radius 2 is 1.36 bits per heavy atom. The zero-order valence-electron chi connectivity index (χ0n) is 30.7. The molecule has 2 aliphatic rings. The topological polar surface area (TPSA) is 301 Å². The Balaban J connectivity index is 1.57. The van der Waals surface area contributed by atoms with Crippen molar-refractivity contribution in [2.45, 2.75) is 58.1 Å². The van der Waals surface area contributed by atoms with Gasteiger partial charge in [0.1, 0.15) is 4.90 Å². The van der Waals surface area contributed by atoms with Crippen LogP contribution in [0.15, 0.2) is 92.0 Å². The van der Waals surface area contributed by atoms with E-state index in [-0.39, 0.29) is 59.7 Å². The third kappa shape index (κ3) is 8.80. The number of benzene rings is 4. The van der Waals surface area contributed by atoms with Gasteiger partial charge in [0.2, 0.25) is 5.69 Å². The van der Waals surface area contributed by atoms with Crippen molar-refractivity contribution >= 4 is 103 Å². The van der Waals surface area contributed by atoms with E-state index in [9.17, 15) is 51.9 Å². The molecule has 4 aromatic rings. The maximum Gasteiger partial charge on any atom is 0.326 e. The van der Waals surface area contributed by atoms with E-state index in [1.54, 1.807) is 27.7 Å². The van der Waals surface area contributed by atoms with E-state index in [1.807, 2.05) is 0 Å². The molecule has 2 heterocycles. The highest BCUT2D eigenvalue weighted by Crippen LogP contribution is 2.53. The van der Waals surface area contributed by atoms with Gasteiger partial charge in [-0.3, -0.25) is 18.2 Å². The highest BCUT2D eigenvalue weighted by Gasteiger charge is 2.48. The lowest BCUT2D eigenvalue weighted by Gasteiger charge is -2.26. The fraction of sp³-hybridized carbons (Fsp3) is 0.242. The molecule has 0 bridgehead atoms. The predicted octanol–water partition coefficient (Wildman–Crippen LogP) is 5.65. The van der Waals surface area contributed by atoms with E-state index in [0.717, 1.165) is 18.2 Å². The minimum absolute atomic E-state index is 0.00801. The molecule has 0 amide bonds. The highest BCUT2D eigenvalue weighted by molar-refractivity contribution is 7.95. The molecular weight excluding hydrogens is 905 g/mol. The third-order valence-corrected chi connectivity index (χ3v) is 13.8. The molecule has 0 spiro atoms. The second-order valence-corrected chi connectivity index (χ2v) is 21.4. The molecule has 0 saturated carbocycles. The number of fused-ring (bicyclic) bond motifs is 6. The number of rotatable bonds is 14. The van der Waals surface area contributed by atoms with Crippen LogP contribution in [0.2, 0.25) is 0 Å². The van der Waals surface area contributed by atoms with Crippen molar-refractivity contribution in [3.63, 3.8) is 0 Å². The molecule has 59 heavy (non-hydrogen) atoms. The Bertz CT molecular complexity index is 2980. The Kier molecular flexibility index (Phi) is 12.0. The first kappa shape index (κ1) is 45.0. The molecule has 0 radical (unpaired) electrons. The van der Waals surface area contributed by atoms with Gasteiger partial charge in [0, 0.05) is 55.1 Å². The first-order chi connectivity index (χ1) is 27.2. The minimum Gasteiger partial charge on any atom is -0.327 e. The van der Waals surface area contributed by atoms with E-state index in [2.05, 4.69) is 18.7 Å². The number of anilines is 1. The Morgan fingerprint density at radius 1 is 0.729 bits per heavy atom. The molecule has 20 nitrogen and oxygen atoms in total. The number of allylic oxidation sites excluding steroid dienone is 4. The van der Waals surface area contributed by atoms with Crippen molar-refractivity contribution in [1.29, 1.82) is 0 Å². The fourth-order valence-electron chi connectivity index (χ4n) is 7.69. The van der Waals surface area contributed by atoms with Crippen molar-refractivity contribution in [3.05, 3.63) is 83.6 Å². The first-order valence-corrected chi connectivity index (χ1v) is 24.0. The largest absolute Gasteiger partial charge is 0.327 e. The van der Waals surface area contributed by atoms with Crippen molar-refractivity contribution in [3.8, 4) is 0 Å². The molecule has 0 aromatic heterocycles. The molecule has 0 fully saturated rings. The van der Waals surface area contributed by atoms with Crippen molar-refractivity contribution < 1.29 is 85.7 Å². The second kappa shape index (κ2) is 15.7. The van der Waals surface area contributed by atoms with Crippen LogP contribution in [0.5, 0.6) is 0 Å². The molecule has 26 heteroatoms. The second-order valence-electron chi connectivity index (χ2n) is 14.2. The van der Waals surface area contributed by atoms with E-state index < -0.39 is 72.8 Å². The maximum absolute atomic E-state index is 12.8. The fourth-order valence-corrected chi connectivity index (χ4v) is 11.4. The normalized spacial score (nSPS) is 17.5. The summed E-state index contributed by atoms with van der Waals surface area (Å²) in [6, 6.07) is 10.5. The van der Waals surface area contributed by atoms with Gasteiger partial charge in [-0.1, -0.05) is 36.1 Å². The number of nitrogens with zero attached hydrogens (tertiary/aromatic N) is 2. The Morgan fingerprint density at radius 3 is 1.95 bits per heavy atom. The summed E-state index contributed by atoms with van der Waals surface area (Å²) in [4.78, 5) is 0.179. The summed E-state index contributed by atoms with van der Waals surface area (Å²) in [6.45, 7) is 6.63. The summed E-state index contributed by atoms with van der Waals surface area (Å²) < 4.78 is 150. The van der Waals surface area contributed by atoms with Gasteiger partial charge in [-0.2, -0.15) is 38.2 Å². The molecule has 0 saturated heterocycles. The van der Waals surface area contributed by atoms with Crippen LogP contribution in [-0.4, -0.2) is 84.4 Å². The van der Waals surface area contributed by atoms with Crippen molar-refractivity contribution in [2.75, 3.05) is 16.7 Å². The van der Waals surface area contributed by atoms with Crippen LogP contribution in [0.25, 0.3) is 21.5 Å². The van der Waals surface area contributed by atoms with Crippen LogP contribution in [-0.2, 0) is 70.0 Å². The minimum atomic E-state index is -4.98. The molecule has 2 aliphatic heterocycles. The number of hydrogen-bond acceptors (Lipinski definition) is 17. The Hall–Kier alpha value is -3.55. The van der Waals surface area contributed by atoms with E-state index in [4.69, 9.17) is 10.5 Å². The SMILES string of the molecule is CC1(C)C(/C=C/C=C2/N(CS(=O)(=O)O)c3ccc4cc(SOOO)cc(S(=O)(=O)O)c4c3C2(C)C)=[N+](CS(=O)(=O)O)c2ccc3cc(S(=O)(=O)O)cc(SOOO)c3c21. The van der Waals surface area contributed by atoms with Crippen LogP contribution >= 0.6 is 24.1 Å². The molecule has 0 atom stereocenters. The zero-order valence-corrected chi connectivity index (χ0v) is 35.6. The molecule has 0 aliphatic carbocycles. The Labute approximate surface area is 345 Å². The van der Waals surface area contributed by atoms with Crippen LogP contribution in [0, 0.1) is 0 Å². The van der Waals surface area contributed by atoms with Crippen LogP contribution in [0.4, 0.5) is 11.4 Å². The van der Waals surface area contributed by atoms with Gasteiger partial charge in [-0.15, -0.1) is 8.67 Å². The maximum atomic E-state index is 12.8. The quantitative estimate of drug-likeness (QED) is 0.0293.